The van der Waals surface area contributed by atoms with Crippen LogP contribution < -0.4 is 0 Å². The topological polar surface area (TPSA) is 36.0 Å². The third-order valence-corrected chi connectivity index (χ3v) is 2.91. The maximum absolute atomic E-state index is 9.10. The number of hydrogen-bond donors (Lipinski definition) is 2. The number of fused-ring (bicyclic) bond motifs is 1. The van der Waals surface area contributed by atoms with Crippen LogP contribution in [-0.4, -0.2) is 10.1 Å². The molecular formula is C10H10BrNO. The number of aliphatic hydroxyl groups is 1. The third kappa shape index (κ3) is 1.28. The van der Waals surface area contributed by atoms with E-state index in [0.29, 0.717) is 0 Å². The van der Waals surface area contributed by atoms with Crippen molar-refractivity contribution in [3.63, 3.8) is 0 Å². The fourth-order valence-electron chi connectivity index (χ4n) is 1.59. The Bertz CT molecular complexity index is 447. The van der Waals surface area contributed by atoms with Crippen molar-refractivity contribution in [2.45, 2.75) is 13.5 Å². The highest BCUT2D eigenvalue weighted by atomic mass is 79.9. The quantitative estimate of drug-likeness (QED) is 0.789. The van der Waals surface area contributed by atoms with Gasteiger partial charge in [0, 0.05) is 21.6 Å². The van der Waals surface area contributed by atoms with E-state index < -0.39 is 0 Å². The van der Waals surface area contributed by atoms with Gasteiger partial charge in [-0.1, -0.05) is 6.07 Å². The molecule has 68 valence electrons. The standard InChI is InChI=1S/C10H10BrNO/c1-6-2-3-8(11)10-9(6)7(5-13)4-12-10/h2-4,12-13H,5H2,1H3. The van der Waals surface area contributed by atoms with E-state index in [-0.39, 0.29) is 6.61 Å². The predicted octanol–water partition coefficient (Wildman–Crippen LogP) is 2.73. The molecule has 0 bridgehead atoms. The number of aromatic amines is 1. The molecule has 1 heterocycles. The van der Waals surface area contributed by atoms with E-state index in [2.05, 4.69) is 20.9 Å². The second kappa shape index (κ2) is 3.16. The molecule has 0 saturated heterocycles. The van der Waals surface area contributed by atoms with Crippen molar-refractivity contribution in [3.05, 3.63) is 33.9 Å². The predicted molar refractivity (Wildman–Crippen MR) is 56.7 cm³/mol. The highest BCUT2D eigenvalue weighted by molar-refractivity contribution is 9.10. The van der Waals surface area contributed by atoms with Gasteiger partial charge in [-0.3, -0.25) is 0 Å². The zero-order chi connectivity index (χ0) is 9.42. The Balaban J connectivity index is 2.87. The van der Waals surface area contributed by atoms with Gasteiger partial charge in [0.05, 0.1) is 12.1 Å². The van der Waals surface area contributed by atoms with Gasteiger partial charge in [-0.25, -0.2) is 0 Å². The summed E-state index contributed by atoms with van der Waals surface area (Å²) in [7, 11) is 0. The van der Waals surface area contributed by atoms with E-state index in [1.165, 1.54) is 5.56 Å². The number of aliphatic hydroxyl groups excluding tert-OH is 1. The van der Waals surface area contributed by atoms with Crippen LogP contribution in [0.25, 0.3) is 10.9 Å². The molecule has 0 atom stereocenters. The van der Waals surface area contributed by atoms with Crippen molar-refractivity contribution in [2.24, 2.45) is 0 Å². The molecule has 0 aliphatic rings. The molecule has 3 heteroatoms. The zero-order valence-electron chi connectivity index (χ0n) is 7.26. The van der Waals surface area contributed by atoms with Crippen molar-refractivity contribution in [2.75, 3.05) is 0 Å². The molecule has 0 spiro atoms. The Hall–Kier alpha value is -0.800. The zero-order valence-corrected chi connectivity index (χ0v) is 8.85. The number of nitrogens with one attached hydrogen (secondary N) is 1. The Morgan fingerprint density at radius 2 is 2.23 bits per heavy atom. The fourth-order valence-corrected chi connectivity index (χ4v) is 2.04. The van der Waals surface area contributed by atoms with Crippen molar-refractivity contribution >= 4 is 26.8 Å². The van der Waals surface area contributed by atoms with E-state index >= 15 is 0 Å². The lowest BCUT2D eigenvalue weighted by Gasteiger charge is -2.00. The van der Waals surface area contributed by atoms with Gasteiger partial charge in [-0.05, 0) is 34.5 Å². The van der Waals surface area contributed by atoms with Crippen LogP contribution in [0.2, 0.25) is 0 Å². The normalized spacial score (nSPS) is 11.0. The van der Waals surface area contributed by atoms with Crippen LogP contribution in [0.15, 0.2) is 22.8 Å². The molecule has 0 unspecified atom stereocenters. The van der Waals surface area contributed by atoms with Crippen LogP contribution in [-0.2, 0) is 6.61 Å². The highest BCUT2D eigenvalue weighted by Gasteiger charge is 2.07. The molecule has 13 heavy (non-hydrogen) atoms. The summed E-state index contributed by atoms with van der Waals surface area (Å²) < 4.78 is 1.04. The molecule has 0 aliphatic carbocycles. The monoisotopic (exact) mass is 239 g/mol. The van der Waals surface area contributed by atoms with Crippen molar-refractivity contribution in [1.82, 2.24) is 4.98 Å². The molecule has 1 aromatic heterocycles. The van der Waals surface area contributed by atoms with Gasteiger partial charge >= 0.3 is 0 Å². The van der Waals surface area contributed by atoms with Crippen molar-refractivity contribution in [3.8, 4) is 0 Å². The molecule has 2 N–H and O–H groups in total. The lowest BCUT2D eigenvalue weighted by atomic mass is 10.1. The lowest BCUT2D eigenvalue weighted by molar-refractivity contribution is 0.283. The molecule has 0 radical (unpaired) electrons. The average Bonchev–Trinajstić information content (AvgIpc) is 2.56. The van der Waals surface area contributed by atoms with E-state index in [0.717, 1.165) is 20.9 Å². The van der Waals surface area contributed by atoms with Gasteiger partial charge in [0.15, 0.2) is 0 Å². The first-order chi connectivity index (χ1) is 6.24. The largest absolute Gasteiger partial charge is 0.392 e. The smallest absolute Gasteiger partial charge is 0.0702 e. The van der Waals surface area contributed by atoms with Crippen LogP contribution in [0.3, 0.4) is 0 Å². The maximum atomic E-state index is 9.10. The van der Waals surface area contributed by atoms with Crippen LogP contribution in [0, 0.1) is 6.92 Å². The molecule has 2 nitrogen and oxygen atoms in total. The molecule has 0 fully saturated rings. The highest BCUT2D eigenvalue weighted by Crippen LogP contribution is 2.28. The van der Waals surface area contributed by atoms with Gasteiger partial charge in [-0.2, -0.15) is 0 Å². The molecule has 0 aliphatic heterocycles. The average molecular weight is 240 g/mol. The fraction of sp³-hybridized carbons (Fsp3) is 0.200. The van der Waals surface area contributed by atoms with E-state index in [4.69, 9.17) is 5.11 Å². The van der Waals surface area contributed by atoms with Gasteiger partial charge in [0.1, 0.15) is 0 Å². The number of halogens is 1. The van der Waals surface area contributed by atoms with Crippen molar-refractivity contribution in [1.29, 1.82) is 0 Å². The summed E-state index contributed by atoms with van der Waals surface area (Å²) in [5.74, 6) is 0. The number of benzene rings is 1. The molecule has 2 aromatic rings. The molecule has 0 saturated carbocycles. The Morgan fingerprint density at radius 3 is 2.92 bits per heavy atom. The first-order valence-corrected chi connectivity index (χ1v) is 4.89. The summed E-state index contributed by atoms with van der Waals surface area (Å²) in [5.41, 5.74) is 3.20. The SMILES string of the molecule is Cc1ccc(Br)c2[nH]cc(CO)c12. The molecule has 0 amide bonds. The van der Waals surface area contributed by atoms with Crippen LogP contribution in [0.4, 0.5) is 0 Å². The Morgan fingerprint density at radius 1 is 1.46 bits per heavy atom. The summed E-state index contributed by atoms with van der Waals surface area (Å²) in [6.07, 6.45) is 1.85. The summed E-state index contributed by atoms with van der Waals surface area (Å²) in [5, 5.41) is 10.2. The third-order valence-electron chi connectivity index (χ3n) is 2.25. The minimum atomic E-state index is 0.0806. The Kier molecular flexibility index (Phi) is 2.14. The van der Waals surface area contributed by atoms with E-state index in [1.54, 1.807) is 0 Å². The number of rotatable bonds is 1. The van der Waals surface area contributed by atoms with Gasteiger partial charge in [-0.15, -0.1) is 0 Å². The second-order valence-electron chi connectivity index (χ2n) is 3.09. The summed E-state index contributed by atoms with van der Waals surface area (Å²) in [6.45, 7) is 2.12. The Labute approximate surface area is 84.7 Å². The van der Waals surface area contributed by atoms with E-state index in [1.807, 2.05) is 25.3 Å². The maximum Gasteiger partial charge on any atom is 0.0702 e. The van der Waals surface area contributed by atoms with Crippen LogP contribution >= 0.6 is 15.9 Å². The number of hydrogen-bond acceptors (Lipinski definition) is 1. The first kappa shape index (κ1) is 8.78. The van der Waals surface area contributed by atoms with Crippen LogP contribution in [0.5, 0.6) is 0 Å². The summed E-state index contributed by atoms with van der Waals surface area (Å²) in [6, 6.07) is 4.05. The number of aromatic nitrogens is 1. The van der Waals surface area contributed by atoms with Crippen molar-refractivity contribution < 1.29 is 5.11 Å². The van der Waals surface area contributed by atoms with Gasteiger partial charge < -0.3 is 10.1 Å². The number of H-pyrrole nitrogens is 1. The van der Waals surface area contributed by atoms with Gasteiger partial charge in [0.25, 0.3) is 0 Å². The second-order valence-corrected chi connectivity index (χ2v) is 3.94. The summed E-state index contributed by atoms with van der Waals surface area (Å²) >= 11 is 3.46. The van der Waals surface area contributed by atoms with Crippen LogP contribution in [0.1, 0.15) is 11.1 Å². The minimum absolute atomic E-state index is 0.0806. The molecule has 1 aromatic carbocycles. The lowest BCUT2D eigenvalue weighted by Crippen LogP contribution is -1.82. The molecular weight excluding hydrogens is 230 g/mol. The summed E-state index contributed by atoms with van der Waals surface area (Å²) in [4.78, 5) is 3.14. The minimum Gasteiger partial charge on any atom is -0.392 e. The number of aryl methyl sites for hydroxylation is 1. The van der Waals surface area contributed by atoms with E-state index in [9.17, 15) is 0 Å². The molecule has 2 rings (SSSR count). The first-order valence-electron chi connectivity index (χ1n) is 4.10. The van der Waals surface area contributed by atoms with Gasteiger partial charge in [0.2, 0.25) is 0 Å².